The van der Waals surface area contributed by atoms with Gasteiger partial charge in [0.1, 0.15) is 10.7 Å². The molecule has 1 heterocycles. The molecule has 3 nitrogen and oxygen atoms in total. The Hall–Kier alpha value is -1.37. The molecule has 2 aromatic rings. The molecule has 1 unspecified atom stereocenters. The molecule has 1 aromatic heterocycles. The van der Waals surface area contributed by atoms with Crippen LogP contribution in [0.25, 0.3) is 0 Å². The van der Waals surface area contributed by atoms with E-state index in [2.05, 4.69) is 5.32 Å². The predicted molar refractivity (Wildman–Crippen MR) is 79.8 cm³/mol. The van der Waals surface area contributed by atoms with Crippen LogP contribution < -0.4 is 5.32 Å². The number of nitrogens with one attached hydrogen (secondary N) is 1. The Bertz CT molecular complexity index is 600. The Morgan fingerprint density at radius 2 is 2.20 bits per heavy atom. The van der Waals surface area contributed by atoms with E-state index in [0.29, 0.717) is 4.88 Å². The fraction of sp³-hybridized carbons (Fsp3) is 0.214. The molecule has 1 atom stereocenters. The molecule has 2 rings (SSSR count). The molecule has 106 valence electrons. The van der Waals surface area contributed by atoms with Gasteiger partial charge in [0.2, 0.25) is 0 Å². The van der Waals surface area contributed by atoms with Gasteiger partial charge in [0.05, 0.1) is 6.10 Å². The molecule has 1 aromatic carbocycles. The minimum atomic E-state index is -1.06. The van der Waals surface area contributed by atoms with Crippen molar-refractivity contribution in [2.24, 2.45) is 0 Å². The normalized spacial score (nSPS) is 12.2. The van der Waals surface area contributed by atoms with Crippen LogP contribution in [0.3, 0.4) is 0 Å². The maximum absolute atomic E-state index is 13.5. The van der Waals surface area contributed by atoms with Crippen LogP contribution in [0.4, 0.5) is 4.39 Å². The van der Waals surface area contributed by atoms with Gasteiger partial charge in [-0.3, -0.25) is 4.79 Å². The van der Waals surface area contributed by atoms with E-state index in [9.17, 15) is 14.3 Å². The Morgan fingerprint density at radius 3 is 2.90 bits per heavy atom. The van der Waals surface area contributed by atoms with Crippen molar-refractivity contribution in [2.45, 2.75) is 11.0 Å². The smallest absolute Gasteiger partial charge is 0.262 e. The highest BCUT2D eigenvalue weighted by atomic mass is 32.2. The second kappa shape index (κ2) is 6.88. The van der Waals surface area contributed by atoms with Crippen LogP contribution in [0.5, 0.6) is 0 Å². The van der Waals surface area contributed by atoms with E-state index in [1.807, 2.05) is 17.7 Å². The molecular formula is C14H14FNO2S2. The first-order valence-corrected chi connectivity index (χ1v) is 8.06. The average molecular weight is 311 g/mol. The molecular weight excluding hydrogens is 297 g/mol. The third kappa shape index (κ3) is 3.39. The number of aliphatic hydroxyl groups excluding tert-OH is 1. The van der Waals surface area contributed by atoms with Gasteiger partial charge >= 0.3 is 0 Å². The molecule has 0 bridgehead atoms. The average Bonchev–Trinajstić information content (AvgIpc) is 2.93. The Morgan fingerprint density at radius 1 is 1.45 bits per heavy atom. The molecule has 6 heteroatoms. The molecule has 0 spiro atoms. The van der Waals surface area contributed by atoms with Gasteiger partial charge in [-0.1, -0.05) is 18.2 Å². The number of hydrogen-bond donors (Lipinski definition) is 2. The van der Waals surface area contributed by atoms with Gasteiger partial charge in [0.15, 0.2) is 0 Å². The Balaban J connectivity index is 1.99. The Labute approximate surface area is 124 Å². The van der Waals surface area contributed by atoms with Gasteiger partial charge in [-0.15, -0.1) is 23.1 Å². The minimum absolute atomic E-state index is 0.0223. The van der Waals surface area contributed by atoms with E-state index in [1.54, 1.807) is 12.1 Å². The highest BCUT2D eigenvalue weighted by Gasteiger charge is 2.16. The standard InChI is InChI=1S/C14H14FNO2S2/c1-19-12-6-7-20-13(12)14(18)16-8-11(17)9-4-2-3-5-10(9)15/h2-7,11,17H,8H2,1H3,(H,16,18). The van der Waals surface area contributed by atoms with Crippen LogP contribution in [0, 0.1) is 5.82 Å². The van der Waals surface area contributed by atoms with Crippen molar-refractivity contribution >= 4 is 29.0 Å². The number of halogens is 1. The fourth-order valence-corrected chi connectivity index (χ4v) is 3.42. The van der Waals surface area contributed by atoms with Crippen molar-refractivity contribution in [1.29, 1.82) is 0 Å². The van der Waals surface area contributed by atoms with Gasteiger partial charge in [-0.05, 0) is 23.8 Å². The molecule has 0 saturated heterocycles. The molecule has 2 N–H and O–H groups in total. The lowest BCUT2D eigenvalue weighted by atomic mass is 10.1. The number of thioether (sulfide) groups is 1. The topological polar surface area (TPSA) is 49.3 Å². The third-order valence-electron chi connectivity index (χ3n) is 2.78. The van der Waals surface area contributed by atoms with Crippen LogP contribution in [-0.2, 0) is 0 Å². The van der Waals surface area contributed by atoms with Crippen molar-refractivity contribution < 1.29 is 14.3 Å². The second-order valence-electron chi connectivity index (χ2n) is 4.07. The zero-order valence-corrected chi connectivity index (χ0v) is 12.4. The molecule has 0 aliphatic carbocycles. The number of thiophene rings is 1. The summed E-state index contributed by atoms with van der Waals surface area (Å²) in [4.78, 5) is 13.5. The van der Waals surface area contributed by atoms with Crippen molar-refractivity contribution in [3.8, 4) is 0 Å². The number of rotatable bonds is 5. The first kappa shape index (κ1) is 15.0. The van der Waals surface area contributed by atoms with E-state index in [1.165, 1.54) is 35.2 Å². The van der Waals surface area contributed by atoms with Crippen molar-refractivity contribution in [2.75, 3.05) is 12.8 Å². The highest BCUT2D eigenvalue weighted by molar-refractivity contribution is 7.98. The zero-order valence-electron chi connectivity index (χ0n) is 10.8. The molecule has 0 fully saturated rings. The Kier molecular flexibility index (Phi) is 5.17. The highest BCUT2D eigenvalue weighted by Crippen LogP contribution is 2.25. The predicted octanol–water partition coefficient (Wildman–Crippen LogP) is 3.07. The van der Waals surface area contributed by atoms with Gasteiger partial charge in [0.25, 0.3) is 5.91 Å². The molecule has 1 amide bonds. The van der Waals surface area contributed by atoms with Gasteiger partial charge in [0, 0.05) is 17.0 Å². The van der Waals surface area contributed by atoms with Crippen molar-refractivity contribution in [1.82, 2.24) is 5.32 Å². The summed E-state index contributed by atoms with van der Waals surface area (Å²) < 4.78 is 13.5. The molecule has 0 aliphatic rings. The summed E-state index contributed by atoms with van der Waals surface area (Å²) >= 11 is 2.83. The molecule has 20 heavy (non-hydrogen) atoms. The maximum Gasteiger partial charge on any atom is 0.262 e. The number of aliphatic hydroxyl groups is 1. The SMILES string of the molecule is CSc1ccsc1C(=O)NCC(O)c1ccccc1F. The summed E-state index contributed by atoms with van der Waals surface area (Å²) in [6.45, 7) is -0.0223. The lowest BCUT2D eigenvalue weighted by Crippen LogP contribution is -2.28. The summed E-state index contributed by atoms with van der Waals surface area (Å²) in [5, 5.41) is 14.4. The number of carbonyl (C=O) groups is 1. The summed E-state index contributed by atoms with van der Waals surface area (Å²) in [6.07, 6.45) is 0.838. The number of benzene rings is 1. The second-order valence-corrected chi connectivity index (χ2v) is 5.83. The minimum Gasteiger partial charge on any atom is -0.386 e. The van der Waals surface area contributed by atoms with Crippen LogP contribution in [0.15, 0.2) is 40.6 Å². The monoisotopic (exact) mass is 311 g/mol. The van der Waals surface area contributed by atoms with Gasteiger partial charge in [-0.2, -0.15) is 0 Å². The van der Waals surface area contributed by atoms with Crippen molar-refractivity contribution in [3.63, 3.8) is 0 Å². The number of hydrogen-bond acceptors (Lipinski definition) is 4. The van der Waals surface area contributed by atoms with Crippen LogP contribution in [0.2, 0.25) is 0 Å². The van der Waals surface area contributed by atoms with E-state index < -0.39 is 11.9 Å². The van der Waals surface area contributed by atoms with E-state index in [-0.39, 0.29) is 18.0 Å². The van der Waals surface area contributed by atoms with E-state index in [0.717, 1.165) is 4.90 Å². The van der Waals surface area contributed by atoms with Crippen molar-refractivity contribution in [3.05, 3.63) is 52.0 Å². The fourth-order valence-electron chi connectivity index (χ4n) is 1.75. The van der Waals surface area contributed by atoms with Crippen LogP contribution >= 0.6 is 23.1 Å². The molecule has 0 saturated carbocycles. The lowest BCUT2D eigenvalue weighted by molar-refractivity contribution is 0.0915. The first-order chi connectivity index (χ1) is 9.63. The summed E-state index contributed by atoms with van der Waals surface area (Å²) in [5.74, 6) is -0.727. The van der Waals surface area contributed by atoms with E-state index in [4.69, 9.17) is 0 Å². The van der Waals surface area contributed by atoms with Gasteiger partial charge in [-0.25, -0.2) is 4.39 Å². The first-order valence-electron chi connectivity index (χ1n) is 5.95. The number of amides is 1. The summed E-state index contributed by atoms with van der Waals surface area (Å²) in [7, 11) is 0. The van der Waals surface area contributed by atoms with E-state index >= 15 is 0 Å². The summed E-state index contributed by atoms with van der Waals surface area (Å²) in [6, 6.07) is 7.86. The number of carbonyl (C=O) groups excluding carboxylic acids is 1. The maximum atomic E-state index is 13.5. The molecule has 0 aliphatic heterocycles. The molecule has 0 radical (unpaired) electrons. The zero-order chi connectivity index (χ0) is 14.5. The van der Waals surface area contributed by atoms with Gasteiger partial charge < -0.3 is 10.4 Å². The summed E-state index contributed by atoms with van der Waals surface area (Å²) in [5.41, 5.74) is 0.184. The quantitative estimate of drug-likeness (QED) is 0.834. The largest absolute Gasteiger partial charge is 0.386 e. The third-order valence-corrected chi connectivity index (χ3v) is 4.60. The van der Waals surface area contributed by atoms with Crippen LogP contribution in [0.1, 0.15) is 21.3 Å². The lowest BCUT2D eigenvalue weighted by Gasteiger charge is -2.12. The van der Waals surface area contributed by atoms with Crippen LogP contribution in [-0.4, -0.2) is 23.8 Å².